The average molecular weight is 161 g/mol. The van der Waals surface area contributed by atoms with Crippen molar-refractivity contribution in [3.8, 4) is 0 Å². The van der Waals surface area contributed by atoms with Gasteiger partial charge in [-0.3, -0.25) is 9.79 Å². The number of carbonyl (C=O) groups excluding carboxylic acids is 1. The van der Waals surface area contributed by atoms with Gasteiger partial charge in [-0.15, -0.1) is 0 Å². The fraction of sp³-hybridized carbons (Fsp3) is 0.200. The Morgan fingerprint density at radius 1 is 1.25 bits per heavy atom. The summed E-state index contributed by atoms with van der Waals surface area (Å²) < 4.78 is 0. The molecule has 0 atom stereocenters. The van der Waals surface area contributed by atoms with E-state index in [0.29, 0.717) is 11.3 Å². The summed E-state index contributed by atoms with van der Waals surface area (Å²) in [5.41, 5.74) is 1.24. The van der Waals surface area contributed by atoms with Gasteiger partial charge >= 0.3 is 0 Å². The van der Waals surface area contributed by atoms with Crippen molar-refractivity contribution < 1.29 is 4.79 Å². The number of rotatable bonds is 2. The monoisotopic (exact) mass is 161 g/mol. The highest BCUT2D eigenvalue weighted by atomic mass is 16.1. The number of carbonyl (C=O) groups is 1. The molecule has 62 valence electrons. The van der Waals surface area contributed by atoms with Crippen molar-refractivity contribution in [1.82, 2.24) is 0 Å². The molecule has 0 aromatic heterocycles. The maximum atomic E-state index is 11.4. The Kier molecular flexibility index (Phi) is 2.75. The van der Waals surface area contributed by atoms with E-state index in [4.69, 9.17) is 0 Å². The summed E-state index contributed by atoms with van der Waals surface area (Å²) in [6.07, 6.45) is 0. The van der Waals surface area contributed by atoms with Crippen LogP contribution in [0.2, 0.25) is 0 Å². The molecule has 0 unspecified atom stereocenters. The van der Waals surface area contributed by atoms with E-state index in [-0.39, 0.29) is 5.78 Å². The molecule has 0 N–H and O–H groups in total. The predicted molar refractivity (Wildman–Crippen MR) is 49.8 cm³/mol. The Labute approximate surface area is 71.9 Å². The van der Waals surface area contributed by atoms with E-state index in [1.54, 1.807) is 26.1 Å². The van der Waals surface area contributed by atoms with Crippen molar-refractivity contribution in [3.05, 3.63) is 35.9 Å². The van der Waals surface area contributed by atoms with Gasteiger partial charge in [-0.2, -0.15) is 0 Å². The molecule has 0 radical (unpaired) electrons. The number of ketones is 1. The van der Waals surface area contributed by atoms with E-state index in [1.807, 2.05) is 18.2 Å². The highest BCUT2D eigenvalue weighted by Crippen LogP contribution is 2.00. The lowest BCUT2D eigenvalue weighted by Gasteiger charge is -1.97. The van der Waals surface area contributed by atoms with E-state index in [9.17, 15) is 4.79 Å². The minimum absolute atomic E-state index is 0.00176. The van der Waals surface area contributed by atoms with Crippen LogP contribution in [0.15, 0.2) is 35.3 Å². The second-order valence-corrected chi connectivity index (χ2v) is 2.50. The summed E-state index contributed by atoms with van der Waals surface area (Å²) in [4.78, 5) is 15.3. The zero-order valence-electron chi connectivity index (χ0n) is 7.24. The maximum absolute atomic E-state index is 11.4. The van der Waals surface area contributed by atoms with Gasteiger partial charge in [0.05, 0.1) is 5.71 Å². The van der Waals surface area contributed by atoms with Crippen LogP contribution in [0.4, 0.5) is 0 Å². The van der Waals surface area contributed by atoms with Crippen LogP contribution in [-0.2, 0) is 0 Å². The molecule has 0 aliphatic heterocycles. The van der Waals surface area contributed by atoms with Crippen molar-refractivity contribution in [2.45, 2.75) is 6.92 Å². The van der Waals surface area contributed by atoms with Gasteiger partial charge in [-0.25, -0.2) is 0 Å². The minimum Gasteiger partial charge on any atom is -0.289 e. The van der Waals surface area contributed by atoms with Crippen molar-refractivity contribution in [1.29, 1.82) is 0 Å². The number of hydrogen-bond donors (Lipinski definition) is 0. The third kappa shape index (κ3) is 1.78. The van der Waals surface area contributed by atoms with Gasteiger partial charge in [0.2, 0.25) is 5.78 Å². The largest absolute Gasteiger partial charge is 0.289 e. The first-order chi connectivity index (χ1) is 5.75. The summed E-state index contributed by atoms with van der Waals surface area (Å²) in [5.74, 6) is -0.00176. The molecule has 0 aliphatic carbocycles. The fourth-order valence-corrected chi connectivity index (χ4v) is 0.900. The van der Waals surface area contributed by atoms with Gasteiger partial charge in [0, 0.05) is 12.6 Å². The number of hydrogen-bond acceptors (Lipinski definition) is 2. The normalized spacial score (nSPS) is 11.3. The SMILES string of the molecule is CN=C(C)C(=O)c1ccccc1. The zero-order chi connectivity index (χ0) is 8.97. The van der Waals surface area contributed by atoms with E-state index in [0.717, 1.165) is 0 Å². The van der Waals surface area contributed by atoms with Crippen LogP contribution in [-0.4, -0.2) is 18.5 Å². The molecule has 2 nitrogen and oxygen atoms in total. The Morgan fingerprint density at radius 2 is 1.83 bits per heavy atom. The second-order valence-electron chi connectivity index (χ2n) is 2.50. The van der Waals surface area contributed by atoms with Crippen molar-refractivity contribution in [2.75, 3.05) is 7.05 Å². The van der Waals surface area contributed by atoms with E-state index >= 15 is 0 Å². The van der Waals surface area contributed by atoms with Crippen LogP contribution in [0.25, 0.3) is 0 Å². The standard InChI is InChI=1S/C10H11NO/c1-8(11-2)10(12)9-6-4-3-5-7-9/h3-7H,1-2H3. The first kappa shape index (κ1) is 8.65. The molecule has 0 saturated heterocycles. The highest BCUT2D eigenvalue weighted by Gasteiger charge is 2.06. The summed E-state index contributed by atoms with van der Waals surface area (Å²) in [6, 6.07) is 9.15. The Bertz CT molecular complexity index is 301. The Morgan fingerprint density at radius 3 is 2.33 bits per heavy atom. The number of aliphatic imine (C=N–C) groups is 1. The second kappa shape index (κ2) is 3.81. The van der Waals surface area contributed by atoms with Crippen LogP contribution < -0.4 is 0 Å². The summed E-state index contributed by atoms with van der Waals surface area (Å²) >= 11 is 0. The molecule has 0 saturated carbocycles. The third-order valence-electron chi connectivity index (χ3n) is 1.70. The van der Waals surface area contributed by atoms with E-state index in [2.05, 4.69) is 4.99 Å². The summed E-state index contributed by atoms with van der Waals surface area (Å²) in [6.45, 7) is 1.72. The van der Waals surface area contributed by atoms with Crippen LogP contribution in [0, 0.1) is 0 Å². The zero-order valence-corrected chi connectivity index (χ0v) is 7.24. The van der Waals surface area contributed by atoms with Gasteiger partial charge in [-0.1, -0.05) is 30.3 Å². The molecule has 0 spiro atoms. The molecule has 0 aliphatic rings. The van der Waals surface area contributed by atoms with Crippen LogP contribution in [0.3, 0.4) is 0 Å². The van der Waals surface area contributed by atoms with Gasteiger partial charge in [0.1, 0.15) is 0 Å². The first-order valence-electron chi connectivity index (χ1n) is 3.79. The summed E-state index contributed by atoms with van der Waals surface area (Å²) in [7, 11) is 1.62. The molecule has 0 fully saturated rings. The van der Waals surface area contributed by atoms with Gasteiger partial charge in [0.15, 0.2) is 0 Å². The van der Waals surface area contributed by atoms with Crippen LogP contribution >= 0.6 is 0 Å². The van der Waals surface area contributed by atoms with Crippen molar-refractivity contribution in [3.63, 3.8) is 0 Å². The Balaban J connectivity index is 2.94. The first-order valence-corrected chi connectivity index (χ1v) is 3.79. The molecule has 0 amide bonds. The number of benzene rings is 1. The quantitative estimate of drug-likeness (QED) is 0.481. The van der Waals surface area contributed by atoms with Gasteiger partial charge in [-0.05, 0) is 6.92 Å². The highest BCUT2D eigenvalue weighted by molar-refractivity contribution is 6.45. The molecule has 1 aromatic carbocycles. The van der Waals surface area contributed by atoms with E-state index < -0.39 is 0 Å². The van der Waals surface area contributed by atoms with Crippen molar-refractivity contribution >= 4 is 11.5 Å². The maximum Gasteiger partial charge on any atom is 0.206 e. The van der Waals surface area contributed by atoms with Crippen molar-refractivity contribution in [2.24, 2.45) is 4.99 Å². The molecule has 0 heterocycles. The summed E-state index contributed by atoms with van der Waals surface area (Å²) in [5, 5.41) is 0. The van der Waals surface area contributed by atoms with Gasteiger partial charge < -0.3 is 0 Å². The smallest absolute Gasteiger partial charge is 0.206 e. The van der Waals surface area contributed by atoms with Gasteiger partial charge in [0.25, 0.3) is 0 Å². The predicted octanol–water partition coefficient (Wildman–Crippen LogP) is 1.96. The molecule has 1 rings (SSSR count). The lowest BCUT2D eigenvalue weighted by Crippen LogP contribution is -2.09. The third-order valence-corrected chi connectivity index (χ3v) is 1.70. The number of Topliss-reactive ketones (excluding diaryl/α,β-unsaturated/α-hetero) is 1. The lowest BCUT2D eigenvalue weighted by atomic mass is 10.1. The van der Waals surface area contributed by atoms with Crippen LogP contribution in [0.1, 0.15) is 17.3 Å². The molecule has 12 heavy (non-hydrogen) atoms. The molecule has 2 heteroatoms. The van der Waals surface area contributed by atoms with E-state index in [1.165, 1.54) is 0 Å². The topological polar surface area (TPSA) is 29.4 Å². The molecule has 1 aromatic rings. The Hall–Kier alpha value is -1.44. The molecular formula is C10H11NO. The minimum atomic E-state index is -0.00176. The van der Waals surface area contributed by atoms with Crippen LogP contribution in [0.5, 0.6) is 0 Å². The molecular weight excluding hydrogens is 150 g/mol. The average Bonchev–Trinajstić information content (AvgIpc) is 2.17. The number of nitrogens with zero attached hydrogens (tertiary/aromatic N) is 1. The fourth-order valence-electron chi connectivity index (χ4n) is 0.900. The molecule has 0 bridgehead atoms. The lowest BCUT2D eigenvalue weighted by molar-refractivity contribution is 0.106.